The van der Waals surface area contributed by atoms with Gasteiger partial charge in [-0.1, -0.05) is 24.6 Å². The van der Waals surface area contributed by atoms with Crippen LogP contribution in [0.1, 0.15) is 36.6 Å². The summed E-state index contributed by atoms with van der Waals surface area (Å²) >= 11 is 0. The standard InChI is InChI=1S/C20H24N2O3/c23-19-16-11(4-3-6-14(16)20(24)25)10-22-9-8-13-12-5-1-2-7-15(12)21-17(13)18(19)22/h1-2,5,7,11,14,16,18-19,21,23H,3-4,6,8-10H2,(H,24,25)/t11-,14-,16+,18+,19-/m0/s1. The number of hydrogen-bond donors (Lipinski definition) is 3. The molecule has 2 aliphatic heterocycles. The van der Waals surface area contributed by atoms with Gasteiger partial charge in [-0.05, 0) is 24.5 Å². The van der Waals surface area contributed by atoms with E-state index in [0.29, 0.717) is 12.3 Å². The highest BCUT2D eigenvalue weighted by Crippen LogP contribution is 2.43. The van der Waals surface area contributed by atoms with Crippen LogP contribution in [0.3, 0.4) is 0 Å². The van der Waals surface area contributed by atoms with Crippen LogP contribution in [0, 0.1) is 17.8 Å². The summed E-state index contributed by atoms with van der Waals surface area (Å²) in [5.41, 5.74) is 3.54. The molecule has 132 valence electrons. The van der Waals surface area contributed by atoms with Gasteiger partial charge < -0.3 is 24.9 Å². The second-order valence-electron chi connectivity index (χ2n) is 8.09. The summed E-state index contributed by atoms with van der Waals surface area (Å²) in [5.74, 6) is -1.37. The molecule has 5 rings (SSSR count). The molecule has 5 heteroatoms. The molecule has 0 radical (unpaired) electrons. The summed E-state index contributed by atoms with van der Waals surface area (Å²) in [6.45, 7) is 1.97. The van der Waals surface area contributed by atoms with E-state index >= 15 is 0 Å². The van der Waals surface area contributed by atoms with Crippen LogP contribution in [-0.2, 0) is 11.2 Å². The quantitative estimate of drug-likeness (QED) is 0.673. The van der Waals surface area contributed by atoms with Crippen LogP contribution in [-0.4, -0.2) is 35.3 Å². The molecule has 0 bridgehead atoms. The topological polar surface area (TPSA) is 80.6 Å². The Balaban J connectivity index is 1.59. The van der Waals surface area contributed by atoms with Crippen molar-refractivity contribution >= 4 is 16.9 Å². The second-order valence-corrected chi connectivity index (χ2v) is 8.09. The Labute approximate surface area is 146 Å². The first kappa shape index (κ1) is 15.4. The number of para-hydroxylation sites is 1. The maximum atomic E-state index is 11.7. The second kappa shape index (κ2) is 5.58. The highest BCUT2D eigenvalue weighted by Gasteiger charge is 2.53. The number of aromatic nitrogens is 1. The van der Waals surface area contributed by atoms with Gasteiger partial charge in [-0.15, -0.1) is 0 Å². The van der Waals surface area contributed by atoms with Gasteiger partial charge >= 0.3 is 0 Å². The number of fused-ring (bicyclic) bond motifs is 6. The van der Waals surface area contributed by atoms with Crippen molar-refractivity contribution in [2.75, 3.05) is 13.1 Å². The highest BCUT2D eigenvalue weighted by atomic mass is 16.4. The fourth-order valence-electron chi connectivity index (χ4n) is 5.94. The number of piperidine rings is 1. The fourth-order valence-corrected chi connectivity index (χ4v) is 5.94. The number of aliphatic hydroxyl groups excluding tert-OH is 1. The lowest BCUT2D eigenvalue weighted by Crippen LogP contribution is -3.16. The normalized spacial score (nSPS) is 37.2. The number of aliphatic carboxylic acids is 1. The summed E-state index contributed by atoms with van der Waals surface area (Å²) in [5, 5.41) is 24.2. The molecular weight excluding hydrogens is 316 g/mol. The maximum Gasteiger partial charge on any atom is 0.155 e. The number of benzene rings is 1. The van der Waals surface area contributed by atoms with E-state index in [1.807, 2.05) is 6.07 Å². The van der Waals surface area contributed by atoms with Crippen molar-refractivity contribution in [1.82, 2.24) is 4.98 Å². The molecule has 3 N–H and O–H groups in total. The molecule has 2 aromatic rings. The van der Waals surface area contributed by atoms with Crippen molar-refractivity contribution in [3.63, 3.8) is 0 Å². The minimum Gasteiger partial charge on any atom is -0.550 e. The Hall–Kier alpha value is -1.85. The third-order valence-electron chi connectivity index (χ3n) is 6.96. The van der Waals surface area contributed by atoms with Gasteiger partial charge in [0.15, 0.2) is 6.04 Å². The predicted octanol–water partition coefficient (Wildman–Crippen LogP) is -0.193. The first-order chi connectivity index (χ1) is 12.1. The Morgan fingerprint density at radius 3 is 2.96 bits per heavy atom. The van der Waals surface area contributed by atoms with Gasteiger partial charge in [0.25, 0.3) is 0 Å². The fraction of sp³-hybridized carbons (Fsp3) is 0.550. The number of H-pyrrole nitrogens is 1. The third kappa shape index (κ3) is 2.19. The average Bonchev–Trinajstić information content (AvgIpc) is 2.99. The van der Waals surface area contributed by atoms with Gasteiger partial charge in [-0.25, -0.2) is 0 Å². The van der Waals surface area contributed by atoms with E-state index < -0.39 is 18.0 Å². The van der Waals surface area contributed by atoms with E-state index in [9.17, 15) is 15.0 Å². The monoisotopic (exact) mass is 340 g/mol. The summed E-state index contributed by atoms with van der Waals surface area (Å²) in [4.78, 5) is 16.6. The first-order valence-electron chi connectivity index (χ1n) is 9.48. The highest BCUT2D eigenvalue weighted by molar-refractivity contribution is 5.85. The summed E-state index contributed by atoms with van der Waals surface area (Å²) < 4.78 is 0. The molecule has 2 fully saturated rings. The molecule has 0 amide bonds. The third-order valence-corrected chi connectivity index (χ3v) is 6.96. The lowest BCUT2D eigenvalue weighted by molar-refractivity contribution is -0.949. The minimum absolute atomic E-state index is 0.0441. The number of carboxylic acids is 1. The number of carboxylic acid groups (broad SMARTS) is 1. The molecular formula is C20H24N2O3. The molecule has 0 spiro atoms. The number of nitrogens with one attached hydrogen (secondary N) is 2. The zero-order valence-electron chi connectivity index (χ0n) is 14.2. The molecule has 3 heterocycles. The lowest BCUT2D eigenvalue weighted by Gasteiger charge is -2.51. The molecule has 1 aromatic heterocycles. The molecule has 25 heavy (non-hydrogen) atoms. The van der Waals surface area contributed by atoms with Crippen LogP contribution in [0.25, 0.3) is 10.9 Å². The molecule has 1 saturated carbocycles. The van der Waals surface area contributed by atoms with Crippen molar-refractivity contribution in [2.24, 2.45) is 17.8 Å². The molecule has 5 nitrogen and oxygen atoms in total. The van der Waals surface area contributed by atoms with Crippen LogP contribution in [0.5, 0.6) is 0 Å². The maximum absolute atomic E-state index is 11.7. The smallest absolute Gasteiger partial charge is 0.155 e. The first-order valence-corrected chi connectivity index (χ1v) is 9.48. The Morgan fingerprint density at radius 2 is 2.12 bits per heavy atom. The van der Waals surface area contributed by atoms with Gasteiger partial charge in [-0.3, -0.25) is 0 Å². The summed E-state index contributed by atoms with van der Waals surface area (Å²) in [6.07, 6.45) is 2.99. The number of quaternary nitrogens is 1. The number of rotatable bonds is 1. The molecule has 1 unspecified atom stereocenters. The van der Waals surface area contributed by atoms with Crippen molar-refractivity contribution in [1.29, 1.82) is 0 Å². The largest absolute Gasteiger partial charge is 0.550 e. The predicted molar refractivity (Wildman–Crippen MR) is 90.8 cm³/mol. The van der Waals surface area contributed by atoms with E-state index in [-0.39, 0.29) is 12.0 Å². The molecule has 1 aliphatic carbocycles. The summed E-state index contributed by atoms with van der Waals surface area (Å²) in [6, 6.07) is 8.25. The van der Waals surface area contributed by atoms with Crippen LogP contribution in [0.4, 0.5) is 0 Å². The van der Waals surface area contributed by atoms with E-state index in [2.05, 4.69) is 23.2 Å². The number of aromatic amines is 1. The molecule has 3 aliphatic rings. The Morgan fingerprint density at radius 1 is 1.28 bits per heavy atom. The van der Waals surface area contributed by atoms with E-state index in [0.717, 1.165) is 43.6 Å². The van der Waals surface area contributed by atoms with Gasteiger partial charge in [0.2, 0.25) is 0 Å². The van der Waals surface area contributed by atoms with Crippen molar-refractivity contribution in [3.8, 4) is 0 Å². The Bertz CT molecular complexity index is 829. The zero-order chi connectivity index (χ0) is 17.1. The average molecular weight is 340 g/mol. The number of carbonyl (C=O) groups is 1. The number of hydrogen-bond acceptors (Lipinski definition) is 3. The zero-order valence-corrected chi connectivity index (χ0v) is 14.2. The minimum atomic E-state index is -0.982. The van der Waals surface area contributed by atoms with Crippen LogP contribution in [0.2, 0.25) is 0 Å². The van der Waals surface area contributed by atoms with Crippen LogP contribution >= 0.6 is 0 Å². The summed E-state index contributed by atoms with van der Waals surface area (Å²) in [7, 11) is 0. The van der Waals surface area contributed by atoms with Gasteiger partial charge in [0, 0.05) is 41.0 Å². The van der Waals surface area contributed by atoms with E-state index in [1.165, 1.54) is 15.8 Å². The lowest BCUT2D eigenvalue weighted by atomic mass is 9.64. The van der Waals surface area contributed by atoms with E-state index in [4.69, 9.17) is 0 Å². The van der Waals surface area contributed by atoms with Gasteiger partial charge in [0.1, 0.15) is 6.10 Å². The number of carbonyl (C=O) groups excluding carboxylic acids is 1. The Kier molecular flexibility index (Phi) is 3.44. The van der Waals surface area contributed by atoms with E-state index in [1.54, 1.807) is 0 Å². The molecule has 1 aromatic carbocycles. The van der Waals surface area contributed by atoms with Crippen molar-refractivity contribution < 1.29 is 19.9 Å². The van der Waals surface area contributed by atoms with Crippen LogP contribution < -0.4 is 10.0 Å². The van der Waals surface area contributed by atoms with Gasteiger partial charge in [-0.2, -0.15) is 0 Å². The SMILES string of the molecule is O=C([O-])[C@H]1CCC[C@H]2C[NH+]3CCc4c([nH]c5ccccc45)[C@@H]3[C@@H](O)[C@H]21. The van der Waals surface area contributed by atoms with Crippen molar-refractivity contribution in [2.45, 2.75) is 37.8 Å². The molecule has 1 saturated heterocycles. The number of aliphatic hydroxyl groups is 1. The van der Waals surface area contributed by atoms with Gasteiger partial charge in [0.05, 0.1) is 18.8 Å². The molecule has 6 atom stereocenters. The van der Waals surface area contributed by atoms with Crippen LogP contribution in [0.15, 0.2) is 24.3 Å². The van der Waals surface area contributed by atoms with Crippen molar-refractivity contribution in [3.05, 3.63) is 35.5 Å².